The SMILES string of the molecule is COc1cc2c(Oc3ccc(NC(=O)Nc4ccnn4C4CCCC4)c(Cl)c3)ncnc2cc1OCCCN1CCCC1. The van der Waals surface area contributed by atoms with Gasteiger partial charge in [0.05, 0.1) is 47.6 Å². The minimum atomic E-state index is -0.404. The number of nitrogens with zero attached hydrogens (tertiary/aromatic N) is 5. The highest BCUT2D eigenvalue weighted by Crippen LogP contribution is 2.37. The van der Waals surface area contributed by atoms with E-state index in [1.165, 1.54) is 45.1 Å². The van der Waals surface area contributed by atoms with Gasteiger partial charge in [0.1, 0.15) is 17.9 Å². The molecule has 0 bridgehead atoms. The number of urea groups is 1. The average Bonchev–Trinajstić information content (AvgIpc) is 3.80. The van der Waals surface area contributed by atoms with Crippen LogP contribution < -0.4 is 24.8 Å². The zero-order chi connectivity index (χ0) is 29.6. The van der Waals surface area contributed by atoms with Crippen molar-refractivity contribution < 1.29 is 19.0 Å². The van der Waals surface area contributed by atoms with Crippen molar-refractivity contribution in [2.45, 2.75) is 51.0 Å². The summed E-state index contributed by atoms with van der Waals surface area (Å²) in [6, 6.07) is 10.4. The maximum Gasteiger partial charge on any atom is 0.324 e. The summed E-state index contributed by atoms with van der Waals surface area (Å²) < 4.78 is 19.7. The second kappa shape index (κ2) is 13.5. The Bertz CT molecular complexity index is 1570. The van der Waals surface area contributed by atoms with Crippen LogP contribution in [-0.4, -0.2) is 64.0 Å². The van der Waals surface area contributed by atoms with Gasteiger partial charge in [0.25, 0.3) is 0 Å². The molecule has 6 rings (SSSR count). The molecule has 2 aromatic heterocycles. The lowest BCUT2D eigenvalue weighted by Crippen LogP contribution is -2.22. The zero-order valence-electron chi connectivity index (χ0n) is 24.2. The van der Waals surface area contributed by atoms with Gasteiger partial charge in [-0.2, -0.15) is 5.10 Å². The zero-order valence-corrected chi connectivity index (χ0v) is 25.0. The predicted molar refractivity (Wildman–Crippen MR) is 166 cm³/mol. The Hall–Kier alpha value is -4.09. The third-order valence-corrected chi connectivity index (χ3v) is 8.26. The highest BCUT2D eigenvalue weighted by atomic mass is 35.5. The number of benzene rings is 2. The third-order valence-electron chi connectivity index (χ3n) is 7.94. The maximum absolute atomic E-state index is 12.8. The molecule has 0 spiro atoms. The molecule has 0 atom stereocenters. The highest BCUT2D eigenvalue weighted by Gasteiger charge is 2.21. The molecule has 1 aliphatic heterocycles. The molecule has 11 nitrogen and oxygen atoms in total. The van der Waals surface area contributed by atoms with Crippen LogP contribution in [0.3, 0.4) is 0 Å². The molecule has 4 aromatic rings. The van der Waals surface area contributed by atoms with Crippen molar-refractivity contribution in [1.29, 1.82) is 0 Å². The molecular formula is C31H36ClN7O4. The van der Waals surface area contributed by atoms with Gasteiger partial charge < -0.3 is 24.4 Å². The van der Waals surface area contributed by atoms with Crippen molar-refractivity contribution in [1.82, 2.24) is 24.6 Å². The van der Waals surface area contributed by atoms with Gasteiger partial charge in [0, 0.05) is 24.7 Å². The summed E-state index contributed by atoms with van der Waals surface area (Å²) >= 11 is 6.53. The first kappa shape index (κ1) is 29.0. The maximum atomic E-state index is 12.8. The Morgan fingerprint density at radius 1 is 1.02 bits per heavy atom. The van der Waals surface area contributed by atoms with Crippen LogP contribution in [0.5, 0.6) is 23.1 Å². The van der Waals surface area contributed by atoms with Gasteiger partial charge in [0.15, 0.2) is 11.5 Å². The van der Waals surface area contributed by atoms with Gasteiger partial charge in [-0.3, -0.25) is 5.32 Å². The molecule has 2 fully saturated rings. The first-order valence-electron chi connectivity index (χ1n) is 14.8. The van der Waals surface area contributed by atoms with E-state index < -0.39 is 6.03 Å². The Kier molecular flexibility index (Phi) is 9.09. The van der Waals surface area contributed by atoms with Crippen molar-refractivity contribution in [3.63, 3.8) is 0 Å². The molecule has 226 valence electrons. The molecule has 2 aromatic carbocycles. The van der Waals surface area contributed by atoms with E-state index in [9.17, 15) is 4.79 Å². The Labute approximate surface area is 255 Å². The predicted octanol–water partition coefficient (Wildman–Crippen LogP) is 6.90. The molecule has 43 heavy (non-hydrogen) atoms. The topological polar surface area (TPSA) is 116 Å². The fourth-order valence-corrected chi connectivity index (χ4v) is 5.98. The number of hydrogen-bond acceptors (Lipinski definition) is 8. The quantitative estimate of drug-likeness (QED) is 0.177. The van der Waals surface area contributed by atoms with Gasteiger partial charge in [-0.25, -0.2) is 19.4 Å². The lowest BCUT2D eigenvalue weighted by molar-refractivity contribution is 0.254. The smallest absolute Gasteiger partial charge is 0.324 e. The van der Waals surface area contributed by atoms with Crippen molar-refractivity contribution in [2.75, 3.05) is 44.0 Å². The number of likely N-dealkylation sites (tertiary alicyclic amines) is 1. The van der Waals surface area contributed by atoms with Crippen LogP contribution in [0, 0.1) is 0 Å². The molecule has 1 aliphatic carbocycles. The second-order valence-corrected chi connectivity index (χ2v) is 11.3. The number of methoxy groups -OCH3 is 1. The van der Waals surface area contributed by atoms with Gasteiger partial charge in [-0.15, -0.1) is 0 Å². The molecule has 3 heterocycles. The number of halogens is 1. The number of hydrogen-bond donors (Lipinski definition) is 2. The highest BCUT2D eigenvalue weighted by molar-refractivity contribution is 6.34. The number of nitrogens with one attached hydrogen (secondary N) is 2. The molecule has 12 heteroatoms. The molecule has 2 aliphatic rings. The number of aromatic nitrogens is 4. The summed E-state index contributed by atoms with van der Waals surface area (Å²) in [4.78, 5) is 24.0. The van der Waals surface area contributed by atoms with E-state index >= 15 is 0 Å². The summed E-state index contributed by atoms with van der Waals surface area (Å²) in [7, 11) is 1.60. The van der Waals surface area contributed by atoms with Crippen molar-refractivity contribution in [2.24, 2.45) is 0 Å². The van der Waals surface area contributed by atoms with Crippen LogP contribution in [0.2, 0.25) is 5.02 Å². The van der Waals surface area contributed by atoms with Crippen LogP contribution in [0.4, 0.5) is 16.3 Å². The van der Waals surface area contributed by atoms with E-state index in [2.05, 4.69) is 30.6 Å². The molecule has 2 N–H and O–H groups in total. The Morgan fingerprint density at radius 2 is 1.86 bits per heavy atom. The van der Waals surface area contributed by atoms with E-state index in [1.54, 1.807) is 37.6 Å². The third kappa shape index (κ3) is 6.94. The lowest BCUT2D eigenvalue weighted by atomic mass is 10.2. The second-order valence-electron chi connectivity index (χ2n) is 10.9. The summed E-state index contributed by atoms with van der Waals surface area (Å²) in [5.74, 6) is 2.66. The fraction of sp³-hybridized carbons (Fsp3) is 0.419. The minimum absolute atomic E-state index is 0.312. The van der Waals surface area contributed by atoms with Gasteiger partial charge in [-0.05, 0) is 63.4 Å². The van der Waals surface area contributed by atoms with Gasteiger partial charge >= 0.3 is 6.03 Å². The summed E-state index contributed by atoms with van der Waals surface area (Å²) in [5, 5.41) is 11.1. The summed E-state index contributed by atoms with van der Waals surface area (Å²) in [6.07, 6.45) is 11.1. The normalized spacial score (nSPS) is 15.6. The van der Waals surface area contributed by atoms with Crippen molar-refractivity contribution in [3.8, 4) is 23.1 Å². The summed E-state index contributed by atoms with van der Waals surface area (Å²) in [6.45, 7) is 3.97. The van der Waals surface area contributed by atoms with Crippen LogP contribution in [0.25, 0.3) is 10.9 Å². The molecular weight excluding hydrogens is 570 g/mol. The lowest BCUT2D eigenvalue weighted by Gasteiger charge is -2.16. The number of anilines is 2. The number of ether oxygens (including phenoxy) is 3. The number of amides is 2. The Balaban J connectivity index is 1.10. The minimum Gasteiger partial charge on any atom is -0.493 e. The van der Waals surface area contributed by atoms with E-state index in [4.69, 9.17) is 25.8 Å². The first-order valence-corrected chi connectivity index (χ1v) is 15.2. The molecule has 0 radical (unpaired) electrons. The average molecular weight is 606 g/mol. The fourth-order valence-electron chi connectivity index (χ4n) is 5.77. The standard InChI is InChI=1S/C31H36ClN7O4/c1-41-27-18-23-26(19-28(27)42-16-6-15-38-13-4-5-14-38)33-20-34-30(23)43-22-9-10-25(24(32)17-22)36-31(40)37-29-11-12-35-39(29)21-7-2-3-8-21/h9-12,17-21H,2-8,13-16H2,1H3,(H2,36,37,40). The number of carbonyl (C=O) groups excluding carboxylic acids is 1. The first-order chi connectivity index (χ1) is 21.1. The van der Waals surface area contributed by atoms with Crippen molar-refractivity contribution >= 4 is 40.0 Å². The monoisotopic (exact) mass is 605 g/mol. The number of rotatable bonds is 11. The van der Waals surface area contributed by atoms with E-state index in [-0.39, 0.29) is 0 Å². The van der Waals surface area contributed by atoms with E-state index in [0.717, 1.165) is 25.8 Å². The van der Waals surface area contributed by atoms with Gasteiger partial charge in [0.2, 0.25) is 5.88 Å². The van der Waals surface area contributed by atoms with E-state index in [1.807, 2.05) is 16.8 Å². The van der Waals surface area contributed by atoms with Crippen LogP contribution in [-0.2, 0) is 0 Å². The van der Waals surface area contributed by atoms with Crippen molar-refractivity contribution in [3.05, 3.63) is 53.9 Å². The number of carbonyl (C=O) groups is 1. The molecule has 1 saturated carbocycles. The Morgan fingerprint density at radius 3 is 2.65 bits per heavy atom. The van der Waals surface area contributed by atoms with E-state index in [0.29, 0.717) is 63.2 Å². The summed E-state index contributed by atoms with van der Waals surface area (Å²) in [5.41, 5.74) is 1.11. The van der Waals surface area contributed by atoms with Crippen LogP contribution in [0.1, 0.15) is 51.0 Å². The van der Waals surface area contributed by atoms with Gasteiger partial charge in [-0.1, -0.05) is 24.4 Å². The molecule has 2 amide bonds. The molecule has 0 unspecified atom stereocenters. The molecule has 1 saturated heterocycles. The number of fused-ring (bicyclic) bond motifs is 1. The van der Waals surface area contributed by atoms with Crippen LogP contribution in [0.15, 0.2) is 48.9 Å². The van der Waals surface area contributed by atoms with Crippen LogP contribution >= 0.6 is 11.6 Å². The largest absolute Gasteiger partial charge is 0.493 e.